The normalized spacial score (nSPS) is 12.9. The summed E-state index contributed by atoms with van der Waals surface area (Å²) in [4.78, 5) is 11.3. The van der Waals surface area contributed by atoms with Crippen LogP contribution in [0.15, 0.2) is 18.2 Å². The van der Waals surface area contributed by atoms with E-state index in [1.807, 2.05) is 5.32 Å². The van der Waals surface area contributed by atoms with Gasteiger partial charge in [-0.15, -0.1) is 0 Å². The number of ether oxygens (including phenoxy) is 1. The van der Waals surface area contributed by atoms with Gasteiger partial charge in [-0.05, 0) is 30.7 Å². The fraction of sp³-hybridized carbons (Fsp3) is 0.417. The van der Waals surface area contributed by atoms with Crippen LogP contribution in [0, 0.1) is 6.92 Å². The standard InChI is InChI=1S/C12H13ClF3NO3/c1-7-4-8(2-3-9(7)13)20-6-11(19)17-5-10(18)12(14,15)16/h2-4,10,18H,5-6H2,1H3,(H,17,19). The zero-order valence-corrected chi connectivity index (χ0v) is 11.3. The number of aliphatic hydroxyl groups excluding tert-OH is 1. The molecule has 112 valence electrons. The summed E-state index contributed by atoms with van der Waals surface area (Å²) in [6.45, 7) is 0.381. The average Bonchev–Trinajstić information content (AvgIpc) is 2.36. The highest BCUT2D eigenvalue weighted by Gasteiger charge is 2.38. The SMILES string of the molecule is Cc1cc(OCC(=O)NCC(O)C(F)(F)F)ccc1Cl. The second kappa shape index (κ2) is 6.81. The molecule has 0 aliphatic rings. The maximum Gasteiger partial charge on any atom is 0.416 e. The molecule has 4 nitrogen and oxygen atoms in total. The Hall–Kier alpha value is -1.47. The molecule has 0 spiro atoms. The number of rotatable bonds is 5. The molecule has 2 N–H and O–H groups in total. The van der Waals surface area contributed by atoms with E-state index in [0.717, 1.165) is 5.56 Å². The van der Waals surface area contributed by atoms with Crippen molar-refractivity contribution < 1.29 is 27.8 Å². The Morgan fingerprint density at radius 3 is 2.70 bits per heavy atom. The van der Waals surface area contributed by atoms with E-state index in [2.05, 4.69) is 0 Å². The predicted octanol–water partition coefficient (Wildman–Crippen LogP) is 2.07. The lowest BCUT2D eigenvalue weighted by Crippen LogP contribution is -2.42. The molecule has 1 unspecified atom stereocenters. The molecule has 0 bridgehead atoms. The maximum atomic E-state index is 12.0. The van der Waals surface area contributed by atoms with E-state index in [0.29, 0.717) is 10.8 Å². The summed E-state index contributed by atoms with van der Waals surface area (Å²) in [5.41, 5.74) is 0.747. The number of hydrogen-bond donors (Lipinski definition) is 2. The van der Waals surface area contributed by atoms with Crippen molar-refractivity contribution in [3.8, 4) is 5.75 Å². The van der Waals surface area contributed by atoms with Crippen LogP contribution >= 0.6 is 11.6 Å². The molecule has 1 aromatic rings. The third-order valence-electron chi connectivity index (χ3n) is 2.37. The molecular weight excluding hydrogens is 299 g/mol. The molecule has 0 fully saturated rings. The number of amides is 1. The Bertz CT molecular complexity index is 480. The number of halogens is 4. The molecule has 0 saturated heterocycles. The Labute approximate surface area is 118 Å². The molecule has 0 aliphatic heterocycles. The molecule has 1 rings (SSSR count). The Kier molecular flexibility index (Phi) is 5.64. The summed E-state index contributed by atoms with van der Waals surface area (Å²) < 4.78 is 41.1. The number of aliphatic hydroxyl groups is 1. The van der Waals surface area contributed by atoms with Crippen LogP contribution < -0.4 is 10.1 Å². The van der Waals surface area contributed by atoms with E-state index in [1.54, 1.807) is 19.1 Å². The predicted molar refractivity (Wildman–Crippen MR) is 66.8 cm³/mol. The van der Waals surface area contributed by atoms with Gasteiger partial charge in [-0.25, -0.2) is 0 Å². The minimum Gasteiger partial charge on any atom is -0.484 e. The van der Waals surface area contributed by atoms with E-state index in [-0.39, 0.29) is 0 Å². The van der Waals surface area contributed by atoms with Crippen molar-refractivity contribution in [1.82, 2.24) is 5.32 Å². The third-order valence-corrected chi connectivity index (χ3v) is 2.79. The molecule has 8 heteroatoms. The van der Waals surface area contributed by atoms with Crippen molar-refractivity contribution in [2.45, 2.75) is 19.2 Å². The van der Waals surface area contributed by atoms with Crippen LogP contribution in [-0.2, 0) is 4.79 Å². The van der Waals surface area contributed by atoms with Crippen molar-refractivity contribution in [2.24, 2.45) is 0 Å². The lowest BCUT2D eigenvalue weighted by Gasteiger charge is -2.15. The molecule has 20 heavy (non-hydrogen) atoms. The van der Waals surface area contributed by atoms with E-state index in [1.165, 1.54) is 6.07 Å². The van der Waals surface area contributed by atoms with Gasteiger partial charge in [0.2, 0.25) is 0 Å². The van der Waals surface area contributed by atoms with Gasteiger partial charge in [0.05, 0.1) is 6.54 Å². The maximum absolute atomic E-state index is 12.0. The van der Waals surface area contributed by atoms with Crippen LogP contribution in [0.5, 0.6) is 5.75 Å². The van der Waals surface area contributed by atoms with Crippen molar-refractivity contribution >= 4 is 17.5 Å². The first-order valence-electron chi connectivity index (χ1n) is 5.60. The van der Waals surface area contributed by atoms with Gasteiger partial charge in [0.25, 0.3) is 5.91 Å². The van der Waals surface area contributed by atoms with Crippen LogP contribution in [-0.4, -0.2) is 36.4 Å². The number of alkyl halides is 3. The van der Waals surface area contributed by atoms with Crippen LogP contribution in [0.4, 0.5) is 13.2 Å². The minimum absolute atomic E-state index is 0.374. The topological polar surface area (TPSA) is 58.6 Å². The first-order valence-corrected chi connectivity index (χ1v) is 5.98. The van der Waals surface area contributed by atoms with Crippen LogP contribution in [0.1, 0.15) is 5.56 Å². The van der Waals surface area contributed by atoms with Crippen molar-refractivity contribution in [2.75, 3.05) is 13.2 Å². The second-order valence-electron chi connectivity index (χ2n) is 4.06. The number of hydrogen-bond acceptors (Lipinski definition) is 3. The highest BCUT2D eigenvalue weighted by Crippen LogP contribution is 2.21. The monoisotopic (exact) mass is 311 g/mol. The van der Waals surface area contributed by atoms with E-state index in [4.69, 9.17) is 21.4 Å². The first kappa shape index (κ1) is 16.6. The number of nitrogens with one attached hydrogen (secondary N) is 1. The second-order valence-corrected chi connectivity index (χ2v) is 4.47. The fourth-order valence-corrected chi connectivity index (χ4v) is 1.35. The van der Waals surface area contributed by atoms with E-state index >= 15 is 0 Å². The Morgan fingerprint density at radius 1 is 1.50 bits per heavy atom. The van der Waals surface area contributed by atoms with Gasteiger partial charge < -0.3 is 15.2 Å². The smallest absolute Gasteiger partial charge is 0.416 e. The molecule has 0 saturated carbocycles. The lowest BCUT2D eigenvalue weighted by molar-refractivity contribution is -0.201. The number of carbonyl (C=O) groups excluding carboxylic acids is 1. The Balaban J connectivity index is 2.38. The van der Waals surface area contributed by atoms with Gasteiger partial charge in [0.1, 0.15) is 5.75 Å². The Morgan fingerprint density at radius 2 is 2.15 bits per heavy atom. The van der Waals surface area contributed by atoms with Gasteiger partial charge in [-0.1, -0.05) is 11.6 Å². The highest BCUT2D eigenvalue weighted by molar-refractivity contribution is 6.31. The fourth-order valence-electron chi connectivity index (χ4n) is 1.23. The zero-order chi connectivity index (χ0) is 15.3. The summed E-state index contributed by atoms with van der Waals surface area (Å²) in [7, 11) is 0. The van der Waals surface area contributed by atoms with Crippen LogP contribution in [0.25, 0.3) is 0 Å². The van der Waals surface area contributed by atoms with Crippen molar-refractivity contribution in [3.05, 3.63) is 28.8 Å². The molecule has 1 amide bonds. The summed E-state index contributed by atoms with van der Waals surface area (Å²) in [5, 5.41) is 11.2. The van der Waals surface area contributed by atoms with Crippen LogP contribution in [0.2, 0.25) is 5.02 Å². The summed E-state index contributed by atoms with van der Waals surface area (Å²) in [6, 6.07) is 4.71. The molecular formula is C12H13ClF3NO3. The average molecular weight is 312 g/mol. The molecule has 0 radical (unpaired) electrons. The lowest BCUT2D eigenvalue weighted by atomic mass is 10.2. The highest BCUT2D eigenvalue weighted by atomic mass is 35.5. The molecule has 1 atom stereocenters. The van der Waals surface area contributed by atoms with Crippen molar-refractivity contribution in [3.63, 3.8) is 0 Å². The molecule has 0 aliphatic carbocycles. The van der Waals surface area contributed by atoms with Crippen molar-refractivity contribution in [1.29, 1.82) is 0 Å². The number of benzene rings is 1. The number of carbonyl (C=O) groups is 1. The molecule has 1 aromatic carbocycles. The molecule has 0 heterocycles. The van der Waals surface area contributed by atoms with Gasteiger partial charge in [-0.2, -0.15) is 13.2 Å². The third kappa shape index (κ3) is 5.26. The largest absolute Gasteiger partial charge is 0.484 e. The van der Waals surface area contributed by atoms with E-state index < -0.39 is 31.3 Å². The summed E-state index contributed by atoms with van der Waals surface area (Å²) >= 11 is 5.80. The van der Waals surface area contributed by atoms with Gasteiger partial charge in [0, 0.05) is 5.02 Å². The van der Waals surface area contributed by atoms with Gasteiger partial charge >= 0.3 is 6.18 Å². The minimum atomic E-state index is -4.76. The zero-order valence-electron chi connectivity index (χ0n) is 10.5. The van der Waals surface area contributed by atoms with Gasteiger partial charge in [0.15, 0.2) is 12.7 Å². The van der Waals surface area contributed by atoms with Gasteiger partial charge in [-0.3, -0.25) is 4.79 Å². The molecule has 0 aromatic heterocycles. The first-order chi connectivity index (χ1) is 9.20. The quantitative estimate of drug-likeness (QED) is 0.875. The summed E-state index contributed by atoms with van der Waals surface area (Å²) in [6.07, 6.45) is -7.36. The summed E-state index contributed by atoms with van der Waals surface area (Å²) in [5.74, 6) is -0.390. The van der Waals surface area contributed by atoms with E-state index in [9.17, 15) is 18.0 Å². The van der Waals surface area contributed by atoms with Crippen LogP contribution in [0.3, 0.4) is 0 Å². The number of aryl methyl sites for hydroxylation is 1.